The van der Waals surface area contributed by atoms with Crippen molar-refractivity contribution in [2.45, 2.75) is 6.92 Å². The molecule has 2 aromatic heterocycles. The second-order valence-electron chi connectivity index (χ2n) is 4.36. The van der Waals surface area contributed by atoms with Gasteiger partial charge in [0.1, 0.15) is 0 Å². The Hall–Kier alpha value is -1.87. The molecule has 2 nitrogen and oxygen atoms in total. The van der Waals surface area contributed by atoms with Crippen molar-refractivity contribution in [3.63, 3.8) is 0 Å². The number of aryl methyl sites for hydroxylation is 1. The van der Waals surface area contributed by atoms with Crippen molar-refractivity contribution in [1.29, 1.82) is 0 Å². The van der Waals surface area contributed by atoms with Crippen LogP contribution in [0.1, 0.15) is 15.4 Å². The van der Waals surface area contributed by atoms with Crippen LogP contribution in [0.4, 0.5) is 0 Å². The molecule has 0 spiro atoms. The molecule has 0 radical (unpaired) electrons. The lowest BCUT2D eigenvalue weighted by Crippen LogP contribution is -1.89. The third-order valence-electron chi connectivity index (χ3n) is 3.39. The van der Waals surface area contributed by atoms with Crippen molar-refractivity contribution in [3.8, 4) is 10.4 Å². The number of rotatable bonds is 2. The fourth-order valence-corrected chi connectivity index (χ4v) is 3.32. The van der Waals surface area contributed by atoms with Gasteiger partial charge < -0.3 is 4.57 Å². The number of para-hydroxylation sites is 1. The maximum atomic E-state index is 10.8. The summed E-state index contributed by atoms with van der Waals surface area (Å²) in [7, 11) is 2.08. The minimum Gasteiger partial charge on any atom is -0.347 e. The van der Waals surface area contributed by atoms with Crippen LogP contribution in [0.2, 0.25) is 0 Å². The second kappa shape index (κ2) is 4.10. The average Bonchev–Trinajstić information content (AvgIpc) is 2.95. The van der Waals surface area contributed by atoms with Crippen molar-refractivity contribution in [1.82, 2.24) is 4.57 Å². The van der Waals surface area contributed by atoms with Gasteiger partial charge in [0.2, 0.25) is 0 Å². The Kier molecular flexibility index (Phi) is 2.56. The Balaban J connectivity index is 2.34. The molecule has 0 aliphatic rings. The molecule has 0 N–H and O–H groups in total. The third kappa shape index (κ3) is 1.51. The topological polar surface area (TPSA) is 22.0 Å². The molecular formula is C15H13NOS. The van der Waals surface area contributed by atoms with Crippen LogP contribution >= 0.6 is 11.3 Å². The molecule has 3 aromatic rings. The summed E-state index contributed by atoms with van der Waals surface area (Å²) in [5.41, 5.74) is 3.70. The Labute approximate surface area is 109 Å². The summed E-state index contributed by atoms with van der Waals surface area (Å²) in [5.74, 6) is 0. The van der Waals surface area contributed by atoms with E-state index in [1.807, 2.05) is 12.1 Å². The summed E-state index contributed by atoms with van der Waals surface area (Å²) >= 11 is 1.55. The first-order valence-electron chi connectivity index (χ1n) is 5.82. The van der Waals surface area contributed by atoms with Crippen molar-refractivity contribution in [2.75, 3.05) is 0 Å². The van der Waals surface area contributed by atoms with Gasteiger partial charge in [-0.05, 0) is 25.1 Å². The zero-order valence-electron chi connectivity index (χ0n) is 10.3. The first-order valence-corrected chi connectivity index (χ1v) is 6.63. The Morgan fingerprint density at radius 2 is 1.94 bits per heavy atom. The lowest BCUT2D eigenvalue weighted by Gasteiger charge is -1.99. The van der Waals surface area contributed by atoms with Crippen LogP contribution in [0, 0.1) is 6.92 Å². The number of hydrogen-bond acceptors (Lipinski definition) is 2. The average molecular weight is 255 g/mol. The van der Waals surface area contributed by atoms with Gasteiger partial charge in [-0.1, -0.05) is 18.2 Å². The van der Waals surface area contributed by atoms with Crippen LogP contribution in [0.25, 0.3) is 21.3 Å². The maximum Gasteiger partial charge on any atom is 0.160 e. The van der Waals surface area contributed by atoms with E-state index in [-0.39, 0.29) is 0 Å². The Bertz CT molecular complexity index is 736. The molecule has 3 heteroatoms. The largest absolute Gasteiger partial charge is 0.347 e. The summed E-state index contributed by atoms with van der Waals surface area (Å²) in [6, 6.07) is 12.3. The van der Waals surface area contributed by atoms with E-state index in [1.165, 1.54) is 22.2 Å². The number of fused-ring (bicyclic) bond motifs is 1. The smallest absolute Gasteiger partial charge is 0.160 e. The van der Waals surface area contributed by atoms with Crippen LogP contribution in [-0.4, -0.2) is 10.9 Å². The lowest BCUT2D eigenvalue weighted by atomic mass is 10.1. The number of aldehydes is 1. The molecule has 0 aliphatic heterocycles. The minimum absolute atomic E-state index is 0.775. The van der Waals surface area contributed by atoms with E-state index >= 15 is 0 Å². The van der Waals surface area contributed by atoms with Gasteiger partial charge >= 0.3 is 0 Å². The molecule has 0 bridgehead atoms. The molecule has 1 aromatic carbocycles. The molecule has 2 heterocycles. The molecule has 0 aliphatic carbocycles. The van der Waals surface area contributed by atoms with E-state index in [2.05, 4.69) is 42.8 Å². The van der Waals surface area contributed by atoms with Gasteiger partial charge in [0.15, 0.2) is 6.29 Å². The van der Waals surface area contributed by atoms with Gasteiger partial charge in [-0.3, -0.25) is 4.79 Å². The SMILES string of the molecule is Cc1c(-c2ccc(C=O)s2)c2ccccc2n1C. The number of carbonyl (C=O) groups is 1. The van der Waals surface area contributed by atoms with E-state index < -0.39 is 0 Å². The Morgan fingerprint density at radius 1 is 1.17 bits per heavy atom. The van der Waals surface area contributed by atoms with Gasteiger partial charge in [-0.15, -0.1) is 11.3 Å². The van der Waals surface area contributed by atoms with Gasteiger partial charge in [0, 0.05) is 34.1 Å². The van der Waals surface area contributed by atoms with E-state index in [1.54, 1.807) is 11.3 Å². The van der Waals surface area contributed by atoms with E-state index in [0.29, 0.717) is 0 Å². The van der Waals surface area contributed by atoms with Crippen LogP contribution in [-0.2, 0) is 7.05 Å². The molecule has 0 fully saturated rings. The second-order valence-corrected chi connectivity index (χ2v) is 5.47. The quantitative estimate of drug-likeness (QED) is 0.634. The van der Waals surface area contributed by atoms with E-state index in [9.17, 15) is 4.79 Å². The fourth-order valence-electron chi connectivity index (χ4n) is 2.38. The highest BCUT2D eigenvalue weighted by Crippen LogP contribution is 2.37. The third-order valence-corrected chi connectivity index (χ3v) is 4.42. The van der Waals surface area contributed by atoms with Crippen LogP contribution in [0.15, 0.2) is 36.4 Å². The molecule has 3 rings (SSSR count). The molecule has 0 amide bonds. The monoisotopic (exact) mass is 255 g/mol. The number of hydrogen-bond donors (Lipinski definition) is 0. The number of benzene rings is 1. The van der Waals surface area contributed by atoms with E-state index in [4.69, 9.17) is 0 Å². The fraction of sp³-hybridized carbons (Fsp3) is 0.133. The van der Waals surface area contributed by atoms with Gasteiger partial charge in [-0.25, -0.2) is 0 Å². The molecule has 18 heavy (non-hydrogen) atoms. The molecular weight excluding hydrogens is 242 g/mol. The van der Waals surface area contributed by atoms with Gasteiger partial charge in [0.25, 0.3) is 0 Å². The summed E-state index contributed by atoms with van der Waals surface area (Å²) < 4.78 is 2.20. The predicted molar refractivity (Wildman–Crippen MR) is 76.4 cm³/mol. The first-order chi connectivity index (χ1) is 8.72. The molecule has 0 saturated carbocycles. The molecule has 0 atom stereocenters. The summed E-state index contributed by atoms with van der Waals surface area (Å²) in [6.45, 7) is 2.12. The summed E-state index contributed by atoms with van der Waals surface area (Å²) in [5, 5.41) is 1.25. The number of nitrogens with zero attached hydrogens (tertiary/aromatic N) is 1. The van der Waals surface area contributed by atoms with E-state index in [0.717, 1.165) is 16.0 Å². The zero-order valence-corrected chi connectivity index (χ0v) is 11.1. The zero-order chi connectivity index (χ0) is 12.7. The van der Waals surface area contributed by atoms with Crippen molar-refractivity contribution in [3.05, 3.63) is 47.0 Å². The van der Waals surface area contributed by atoms with Gasteiger partial charge in [-0.2, -0.15) is 0 Å². The first kappa shape index (κ1) is 11.2. The Morgan fingerprint density at radius 3 is 2.67 bits per heavy atom. The minimum atomic E-state index is 0.775. The maximum absolute atomic E-state index is 10.8. The summed E-state index contributed by atoms with van der Waals surface area (Å²) in [6.07, 6.45) is 0.911. The molecule has 0 saturated heterocycles. The molecule has 0 unspecified atom stereocenters. The summed E-state index contributed by atoms with van der Waals surface area (Å²) in [4.78, 5) is 12.7. The standard InChI is InChI=1S/C15H13NOS/c1-10-15(14-8-7-11(9-17)18-14)12-5-3-4-6-13(12)16(10)2/h3-9H,1-2H3. The van der Waals surface area contributed by atoms with Crippen LogP contribution < -0.4 is 0 Å². The number of thiophene rings is 1. The predicted octanol–water partition coefficient (Wildman–Crippen LogP) is 4.03. The highest BCUT2D eigenvalue weighted by atomic mass is 32.1. The normalized spacial score (nSPS) is 11.0. The van der Waals surface area contributed by atoms with Crippen molar-refractivity contribution >= 4 is 28.5 Å². The molecule has 90 valence electrons. The van der Waals surface area contributed by atoms with Crippen molar-refractivity contribution < 1.29 is 4.79 Å². The van der Waals surface area contributed by atoms with Crippen LogP contribution in [0.5, 0.6) is 0 Å². The lowest BCUT2D eigenvalue weighted by molar-refractivity contribution is 0.112. The number of carbonyl (C=O) groups excluding carboxylic acids is 1. The van der Waals surface area contributed by atoms with Gasteiger partial charge in [0.05, 0.1) is 4.88 Å². The van der Waals surface area contributed by atoms with Crippen molar-refractivity contribution in [2.24, 2.45) is 7.05 Å². The highest BCUT2D eigenvalue weighted by molar-refractivity contribution is 7.17. The highest BCUT2D eigenvalue weighted by Gasteiger charge is 2.14. The number of aromatic nitrogens is 1. The van der Waals surface area contributed by atoms with Crippen LogP contribution in [0.3, 0.4) is 0 Å².